The van der Waals surface area contributed by atoms with Crippen LogP contribution in [0.1, 0.15) is 59.3 Å². The predicted molar refractivity (Wildman–Crippen MR) is 68.9 cm³/mol. The summed E-state index contributed by atoms with van der Waals surface area (Å²) >= 11 is 0. The van der Waals surface area contributed by atoms with Crippen LogP contribution in [0.5, 0.6) is 0 Å². The molecule has 86 valence electrons. The second-order valence-corrected chi connectivity index (χ2v) is 4.93. The summed E-state index contributed by atoms with van der Waals surface area (Å²) in [6.45, 7) is 6.93. The number of allylic oxidation sites excluding steroid dienone is 4. The minimum atomic E-state index is 0.622. The molecule has 1 aliphatic rings. The largest absolute Gasteiger partial charge is 0.0848 e. The lowest BCUT2D eigenvalue weighted by Gasteiger charge is -2.32. The molecule has 1 saturated carbocycles. The minimum absolute atomic E-state index is 0.622. The summed E-state index contributed by atoms with van der Waals surface area (Å²) < 4.78 is 0. The summed E-state index contributed by atoms with van der Waals surface area (Å²) in [6, 6.07) is 0. The normalized spacial score (nSPS) is 22.9. The Hall–Kier alpha value is -0.520. The topological polar surface area (TPSA) is 0 Å². The van der Waals surface area contributed by atoms with Gasteiger partial charge in [-0.25, -0.2) is 0 Å². The van der Waals surface area contributed by atoms with Gasteiger partial charge in [-0.1, -0.05) is 57.9 Å². The van der Waals surface area contributed by atoms with Gasteiger partial charge in [0.2, 0.25) is 0 Å². The standard InChI is InChI=1S/C15H26/c1-4-6-7-8-11-14(3)15(5-2)12-9-10-13-15/h6-8,11,14H,4-5,9-10,12-13H2,1-3H3/b7-6-,11-8-. The van der Waals surface area contributed by atoms with Crippen LogP contribution < -0.4 is 0 Å². The molecule has 1 unspecified atom stereocenters. The zero-order chi connectivity index (χ0) is 11.1. The molecular weight excluding hydrogens is 180 g/mol. The molecule has 1 rings (SSSR count). The number of hydrogen-bond donors (Lipinski definition) is 0. The Morgan fingerprint density at radius 2 is 1.80 bits per heavy atom. The van der Waals surface area contributed by atoms with Gasteiger partial charge in [0.1, 0.15) is 0 Å². The van der Waals surface area contributed by atoms with Crippen molar-refractivity contribution < 1.29 is 0 Å². The van der Waals surface area contributed by atoms with Gasteiger partial charge in [-0.2, -0.15) is 0 Å². The Morgan fingerprint density at radius 1 is 1.13 bits per heavy atom. The van der Waals surface area contributed by atoms with Gasteiger partial charge < -0.3 is 0 Å². The second-order valence-electron chi connectivity index (χ2n) is 4.93. The summed E-state index contributed by atoms with van der Waals surface area (Å²) in [5.74, 6) is 0.742. The van der Waals surface area contributed by atoms with E-state index in [1.165, 1.54) is 32.1 Å². The molecule has 0 heteroatoms. The van der Waals surface area contributed by atoms with Crippen molar-refractivity contribution in [2.45, 2.75) is 59.3 Å². The lowest BCUT2D eigenvalue weighted by molar-refractivity contribution is 0.210. The van der Waals surface area contributed by atoms with Gasteiger partial charge >= 0.3 is 0 Å². The molecule has 15 heavy (non-hydrogen) atoms. The van der Waals surface area contributed by atoms with Crippen molar-refractivity contribution in [1.82, 2.24) is 0 Å². The molecule has 0 bridgehead atoms. The van der Waals surface area contributed by atoms with E-state index in [1.807, 2.05) is 0 Å². The zero-order valence-corrected chi connectivity index (χ0v) is 10.6. The molecule has 0 nitrogen and oxygen atoms in total. The minimum Gasteiger partial charge on any atom is -0.0848 e. The highest BCUT2D eigenvalue weighted by atomic mass is 14.4. The van der Waals surface area contributed by atoms with Crippen molar-refractivity contribution >= 4 is 0 Å². The summed E-state index contributed by atoms with van der Waals surface area (Å²) in [6.07, 6.45) is 17.3. The Labute approximate surface area is 95.5 Å². The SMILES string of the molecule is CC/C=C\C=C/C(C)C1(CC)CCCC1. The van der Waals surface area contributed by atoms with E-state index in [9.17, 15) is 0 Å². The van der Waals surface area contributed by atoms with E-state index in [0.717, 1.165) is 12.3 Å². The first kappa shape index (κ1) is 12.5. The van der Waals surface area contributed by atoms with Gasteiger partial charge in [0.15, 0.2) is 0 Å². The van der Waals surface area contributed by atoms with Crippen LogP contribution in [0.25, 0.3) is 0 Å². The Bertz CT molecular complexity index is 216. The fourth-order valence-corrected chi connectivity index (χ4v) is 2.86. The summed E-state index contributed by atoms with van der Waals surface area (Å²) in [4.78, 5) is 0. The third-order valence-corrected chi connectivity index (χ3v) is 4.15. The summed E-state index contributed by atoms with van der Waals surface area (Å²) in [5, 5.41) is 0. The van der Waals surface area contributed by atoms with Crippen LogP contribution in [0.2, 0.25) is 0 Å². The molecule has 0 amide bonds. The van der Waals surface area contributed by atoms with Gasteiger partial charge in [-0.3, -0.25) is 0 Å². The smallest absolute Gasteiger partial charge is 0.0202 e. The van der Waals surface area contributed by atoms with E-state index in [0.29, 0.717) is 5.41 Å². The van der Waals surface area contributed by atoms with Crippen molar-refractivity contribution in [2.75, 3.05) is 0 Å². The number of hydrogen-bond acceptors (Lipinski definition) is 0. The Balaban J connectivity index is 2.53. The van der Waals surface area contributed by atoms with Gasteiger partial charge in [0.05, 0.1) is 0 Å². The van der Waals surface area contributed by atoms with Crippen LogP contribution in [0.4, 0.5) is 0 Å². The van der Waals surface area contributed by atoms with Crippen molar-refractivity contribution in [2.24, 2.45) is 11.3 Å². The molecular formula is C15H26. The first-order chi connectivity index (χ1) is 7.25. The van der Waals surface area contributed by atoms with Crippen molar-refractivity contribution in [3.63, 3.8) is 0 Å². The molecule has 1 fully saturated rings. The number of rotatable bonds is 5. The van der Waals surface area contributed by atoms with Crippen LogP contribution in [0.15, 0.2) is 24.3 Å². The highest BCUT2D eigenvalue weighted by Gasteiger charge is 2.35. The average molecular weight is 206 g/mol. The van der Waals surface area contributed by atoms with Crippen LogP contribution in [-0.2, 0) is 0 Å². The third-order valence-electron chi connectivity index (χ3n) is 4.15. The van der Waals surface area contributed by atoms with Gasteiger partial charge in [0, 0.05) is 0 Å². The van der Waals surface area contributed by atoms with Crippen LogP contribution >= 0.6 is 0 Å². The maximum Gasteiger partial charge on any atom is -0.0202 e. The first-order valence-electron chi connectivity index (χ1n) is 6.58. The molecule has 0 heterocycles. The van der Waals surface area contributed by atoms with Crippen LogP contribution in [0, 0.1) is 11.3 Å². The van der Waals surface area contributed by atoms with Crippen molar-refractivity contribution in [3.8, 4) is 0 Å². The molecule has 1 atom stereocenters. The van der Waals surface area contributed by atoms with E-state index in [-0.39, 0.29) is 0 Å². The zero-order valence-electron chi connectivity index (χ0n) is 10.6. The Morgan fingerprint density at radius 3 is 2.33 bits per heavy atom. The van der Waals surface area contributed by atoms with Crippen molar-refractivity contribution in [3.05, 3.63) is 24.3 Å². The first-order valence-corrected chi connectivity index (χ1v) is 6.58. The monoisotopic (exact) mass is 206 g/mol. The quantitative estimate of drug-likeness (QED) is 0.548. The molecule has 0 spiro atoms. The second kappa shape index (κ2) is 6.15. The maximum atomic E-state index is 2.40. The molecule has 0 aromatic heterocycles. The lowest BCUT2D eigenvalue weighted by atomic mass is 9.72. The van der Waals surface area contributed by atoms with E-state index in [4.69, 9.17) is 0 Å². The fourth-order valence-electron chi connectivity index (χ4n) is 2.86. The summed E-state index contributed by atoms with van der Waals surface area (Å²) in [5.41, 5.74) is 0.622. The molecule has 0 aliphatic heterocycles. The maximum absolute atomic E-state index is 2.40. The van der Waals surface area contributed by atoms with Crippen LogP contribution in [-0.4, -0.2) is 0 Å². The highest BCUT2D eigenvalue weighted by Crippen LogP contribution is 2.47. The molecule has 1 aliphatic carbocycles. The van der Waals surface area contributed by atoms with E-state index >= 15 is 0 Å². The Kier molecular flexibility index (Phi) is 5.14. The third kappa shape index (κ3) is 3.22. The summed E-state index contributed by atoms with van der Waals surface area (Å²) in [7, 11) is 0. The van der Waals surface area contributed by atoms with Gasteiger partial charge in [0.25, 0.3) is 0 Å². The van der Waals surface area contributed by atoms with Crippen LogP contribution in [0.3, 0.4) is 0 Å². The van der Waals surface area contributed by atoms with E-state index < -0.39 is 0 Å². The van der Waals surface area contributed by atoms with Gasteiger partial charge in [-0.05, 0) is 37.0 Å². The van der Waals surface area contributed by atoms with Gasteiger partial charge in [-0.15, -0.1) is 0 Å². The molecule has 0 aromatic carbocycles. The van der Waals surface area contributed by atoms with Crippen molar-refractivity contribution in [1.29, 1.82) is 0 Å². The average Bonchev–Trinajstić information content (AvgIpc) is 2.74. The molecule has 0 aromatic rings. The van der Waals surface area contributed by atoms with E-state index in [1.54, 1.807) is 0 Å². The molecule has 0 N–H and O–H groups in total. The highest BCUT2D eigenvalue weighted by molar-refractivity contribution is 5.07. The predicted octanol–water partition coefficient (Wildman–Crippen LogP) is 5.12. The lowest BCUT2D eigenvalue weighted by Crippen LogP contribution is -2.23. The fraction of sp³-hybridized carbons (Fsp3) is 0.733. The molecule has 0 saturated heterocycles. The molecule has 0 radical (unpaired) electrons. The van der Waals surface area contributed by atoms with E-state index in [2.05, 4.69) is 45.1 Å².